The molecule has 0 atom stereocenters. The summed E-state index contributed by atoms with van der Waals surface area (Å²) in [5.74, 6) is 0. The summed E-state index contributed by atoms with van der Waals surface area (Å²) in [6.45, 7) is 5.31. The number of rotatable bonds is 6. The molecular formula is C17H27N5O3S. The summed E-state index contributed by atoms with van der Waals surface area (Å²) >= 11 is 0. The van der Waals surface area contributed by atoms with E-state index in [2.05, 4.69) is 11.8 Å². The van der Waals surface area contributed by atoms with E-state index in [1.54, 1.807) is 18.7 Å². The van der Waals surface area contributed by atoms with Crippen molar-refractivity contribution in [3.05, 3.63) is 34.7 Å². The van der Waals surface area contributed by atoms with E-state index in [-0.39, 0.29) is 5.69 Å². The quantitative estimate of drug-likeness (QED) is 0.735. The predicted octanol–water partition coefficient (Wildman–Crippen LogP) is 0.595. The first-order valence-corrected chi connectivity index (χ1v) is 10.3. The predicted molar refractivity (Wildman–Crippen MR) is 102 cm³/mol. The van der Waals surface area contributed by atoms with Crippen molar-refractivity contribution in [1.82, 2.24) is 22.6 Å². The number of hydrogen-bond donors (Lipinski definition) is 0. The van der Waals surface area contributed by atoms with Crippen molar-refractivity contribution in [1.29, 1.82) is 0 Å². The summed E-state index contributed by atoms with van der Waals surface area (Å²) in [4.78, 5) is 15.0. The molecule has 2 aromatic rings. The smallest absolute Gasteiger partial charge is 0.292 e. The Kier molecular flexibility index (Phi) is 5.52. The van der Waals surface area contributed by atoms with Gasteiger partial charge < -0.3 is 0 Å². The molecule has 0 saturated carbocycles. The Morgan fingerprint density at radius 1 is 1.00 bits per heavy atom. The van der Waals surface area contributed by atoms with Crippen LogP contribution in [0.25, 0.3) is 11.0 Å². The highest BCUT2D eigenvalue weighted by molar-refractivity contribution is 7.86. The number of benzene rings is 1. The molecule has 1 saturated heterocycles. The molecule has 1 aliphatic rings. The van der Waals surface area contributed by atoms with Crippen molar-refractivity contribution < 1.29 is 8.42 Å². The molecule has 0 bridgehead atoms. The highest BCUT2D eigenvalue weighted by Gasteiger charge is 2.29. The zero-order valence-electron chi connectivity index (χ0n) is 15.6. The molecule has 1 aliphatic heterocycles. The van der Waals surface area contributed by atoms with Gasteiger partial charge in [-0.2, -0.15) is 17.0 Å². The van der Waals surface area contributed by atoms with Crippen LogP contribution in [0.15, 0.2) is 29.1 Å². The topological polar surface area (TPSA) is 70.8 Å². The minimum Gasteiger partial charge on any atom is -0.292 e. The van der Waals surface area contributed by atoms with E-state index < -0.39 is 10.2 Å². The van der Waals surface area contributed by atoms with Crippen molar-refractivity contribution in [2.75, 3.05) is 40.3 Å². The molecule has 3 rings (SSSR count). The summed E-state index contributed by atoms with van der Waals surface area (Å²) < 4.78 is 30.8. The van der Waals surface area contributed by atoms with E-state index in [4.69, 9.17) is 0 Å². The van der Waals surface area contributed by atoms with Gasteiger partial charge in [0.15, 0.2) is 0 Å². The first-order chi connectivity index (χ1) is 12.4. The second-order valence-electron chi connectivity index (χ2n) is 6.80. The SMILES string of the molecule is CCCn1c(=O)n(CN2CCN(S(=O)(=O)N(C)C)CC2)c2ccccc21. The van der Waals surface area contributed by atoms with E-state index in [1.807, 2.05) is 28.8 Å². The van der Waals surface area contributed by atoms with Crippen LogP contribution in [0.2, 0.25) is 0 Å². The van der Waals surface area contributed by atoms with Gasteiger partial charge in [0.05, 0.1) is 17.7 Å². The first-order valence-electron chi connectivity index (χ1n) is 8.94. The van der Waals surface area contributed by atoms with E-state index >= 15 is 0 Å². The number of nitrogens with zero attached hydrogens (tertiary/aromatic N) is 5. The maximum Gasteiger partial charge on any atom is 0.330 e. The molecular weight excluding hydrogens is 354 g/mol. The monoisotopic (exact) mass is 381 g/mol. The Labute approximate surface area is 154 Å². The van der Waals surface area contributed by atoms with Crippen LogP contribution >= 0.6 is 0 Å². The van der Waals surface area contributed by atoms with Crippen molar-refractivity contribution in [3.63, 3.8) is 0 Å². The number of aromatic nitrogens is 2. The van der Waals surface area contributed by atoms with E-state index in [1.165, 1.54) is 8.61 Å². The summed E-state index contributed by atoms with van der Waals surface area (Å²) in [7, 11) is -0.284. The van der Waals surface area contributed by atoms with Crippen LogP contribution in [-0.4, -0.2) is 71.3 Å². The van der Waals surface area contributed by atoms with Gasteiger partial charge in [0.25, 0.3) is 10.2 Å². The average Bonchev–Trinajstić information content (AvgIpc) is 2.88. The molecule has 8 nitrogen and oxygen atoms in total. The highest BCUT2D eigenvalue weighted by atomic mass is 32.2. The molecule has 26 heavy (non-hydrogen) atoms. The average molecular weight is 382 g/mol. The van der Waals surface area contributed by atoms with Crippen LogP contribution in [0.4, 0.5) is 0 Å². The lowest BCUT2D eigenvalue weighted by atomic mass is 10.3. The summed E-state index contributed by atoms with van der Waals surface area (Å²) in [5.41, 5.74) is 1.87. The lowest BCUT2D eigenvalue weighted by Crippen LogP contribution is -2.52. The van der Waals surface area contributed by atoms with Gasteiger partial charge in [0.2, 0.25) is 0 Å². The molecule has 0 spiro atoms. The Hall–Kier alpha value is -1.68. The van der Waals surface area contributed by atoms with Crippen LogP contribution in [0, 0.1) is 0 Å². The van der Waals surface area contributed by atoms with E-state index in [0.717, 1.165) is 17.5 Å². The summed E-state index contributed by atoms with van der Waals surface area (Å²) in [6.07, 6.45) is 0.898. The van der Waals surface area contributed by atoms with Gasteiger partial charge in [-0.05, 0) is 18.6 Å². The fourth-order valence-corrected chi connectivity index (χ4v) is 4.47. The third-order valence-electron chi connectivity index (χ3n) is 4.83. The minimum atomic E-state index is -3.37. The molecule has 0 aliphatic carbocycles. The van der Waals surface area contributed by atoms with E-state index in [0.29, 0.717) is 39.4 Å². The second kappa shape index (κ2) is 7.51. The maximum atomic E-state index is 12.9. The zero-order chi connectivity index (χ0) is 18.9. The van der Waals surface area contributed by atoms with Gasteiger partial charge in [0.1, 0.15) is 0 Å². The van der Waals surface area contributed by atoms with E-state index in [9.17, 15) is 13.2 Å². The Morgan fingerprint density at radius 2 is 1.58 bits per heavy atom. The third-order valence-corrected chi connectivity index (χ3v) is 6.77. The van der Waals surface area contributed by atoms with Crippen LogP contribution in [0.5, 0.6) is 0 Å². The van der Waals surface area contributed by atoms with Gasteiger partial charge in [-0.3, -0.25) is 14.0 Å². The van der Waals surface area contributed by atoms with Crippen LogP contribution in [-0.2, 0) is 23.4 Å². The number of piperazine rings is 1. The van der Waals surface area contributed by atoms with Crippen LogP contribution in [0.1, 0.15) is 13.3 Å². The molecule has 0 N–H and O–H groups in total. The lowest BCUT2D eigenvalue weighted by Gasteiger charge is -2.35. The zero-order valence-corrected chi connectivity index (χ0v) is 16.4. The normalized spacial score (nSPS) is 17.4. The summed E-state index contributed by atoms with van der Waals surface area (Å²) in [6, 6.07) is 7.83. The number of aryl methyl sites for hydroxylation is 1. The number of fused-ring (bicyclic) bond motifs is 1. The molecule has 2 heterocycles. The van der Waals surface area contributed by atoms with Gasteiger partial charge in [-0.15, -0.1) is 0 Å². The number of para-hydroxylation sites is 2. The third kappa shape index (κ3) is 3.44. The van der Waals surface area contributed by atoms with Gasteiger partial charge in [-0.25, -0.2) is 4.79 Å². The Bertz CT molecular complexity index is 924. The number of hydrogen-bond acceptors (Lipinski definition) is 4. The van der Waals surface area contributed by atoms with Crippen LogP contribution in [0.3, 0.4) is 0 Å². The molecule has 9 heteroatoms. The largest absolute Gasteiger partial charge is 0.330 e. The summed E-state index contributed by atoms with van der Waals surface area (Å²) in [5, 5.41) is 0. The minimum absolute atomic E-state index is 0.00334. The molecule has 0 radical (unpaired) electrons. The van der Waals surface area contributed by atoms with Gasteiger partial charge in [0, 0.05) is 46.8 Å². The van der Waals surface area contributed by atoms with Crippen molar-refractivity contribution >= 4 is 21.2 Å². The lowest BCUT2D eigenvalue weighted by molar-refractivity contribution is 0.149. The molecule has 144 valence electrons. The van der Waals surface area contributed by atoms with Crippen molar-refractivity contribution in [2.45, 2.75) is 26.6 Å². The molecule has 0 unspecified atom stereocenters. The molecule has 0 amide bonds. The van der Waals surface area contributed by atoms with Crippen molar-refractivity contribution in [3.8, 4) is 0 Å². The fraction of sp³-hybridized carbons (Fsp3) is 0.588. The van der Waals surface area contributed by atoms with Gasteiger partial charge in [-0.1, -0.05) is 19.1 Å². The van der Waals surface area contributed by atoms with Crippen molar-refractivity contribution in [2.24, 2.45) is 0 Å². The molecule has 1 fully saturated rings. The standard InChI is InChI=1S/C17H27N5O3S/c1-4-9-21-15-7-5-6-8-16(15)22(17(21)23)14-19-10-12-20(13-11-19)26(24,25)18(2)3/h5-8H,4,9-14H2,1-3H3. The Balaban J connectivity index is 1.79. The highest BCUT2D eigenvalue weighted by Crippen LogP contribution is 2.15. The van der Waals surface area contributed by atoms with Gasteiger partial charge >= 0.3 is 5.69 Å². The van der Waals surface area contributed by atoms with Crippen LogP contribution < -0.4 is 5.69 Å². The maximum absolute atomic E-state index is 12.9. The Morgan fingerprint density at radius 3 is 2.12 bits per heavy atom. The molecule has 1 aromatic heterocycles. The first kappa shape index (κ1) is 19.1. The molecule has 1 aromatic carbocycles. The number of imidazole rings is 1. The fourth-order valence-electron chi connectivity index (χ4n) is 3.38. The second-order valence-corrected chi connectivity index (χ2v) is 8.94.